The van der Waals surface area contributed by atoms with Crippen molar-refractivity contribution in [3.8, 4) is 5.75 Å². The molecular weight excluding hydrogens is 479 g/mol. The van der Waals surface area contributed by atoms with E-state index in [1.54, 1.807) is 14.2 Å². The number of ether oxygens (including phenoxy) is 1. The van der Waals surface area contributed by atoms with Gasteiger partial charge in [-0.15, -0.1) is 24.0 Å². The summed E-state index contributed by atoms with van der Waals surface area (Å²) >= 11 is 0. The second-order valence-electron chi connectivity index (χ2n) is 6.41. The predicted molar refractivity (Wildman–Crippen MR) is 130 cm³/mol. The lowest BCUT2D eigenvalue weighted by molar-refractivity contribution is -0.116. The molecule has 158 valence electrons. The van der Waals surface area contributed by atoms with Gasteiger partial charge in [0, 0.05) is 32.2 Å². The van der Waals surface area contributed by atoms with Gasteiger partial charge in [-0.05, 0) is 42.2 Å². The van der Waals surface area contributed by atoms with Gasteiger partial charge in [0.25, 0.3) is 0 Å². The van der Waals surface area contributed by atoms with E-state index in [1.165, 1.54) is 0 Å². The molecule has 1 amide bonds. The van der Waals surface area contributed by atoms with Crippen LogP contribution >= 0.6 is 24.0 Å². The number of anilines is 1. The summed E-state index contributed by atoms with van der Waals surface area (Å²) < 4.78 is 5.38. The first-order chi connectivity index (χ1) is 13.7. The van der Waals surface area contributed by atoms with Crippen molar-refractivity contribution in [3.05, 3.63) is 59.7 Å². The zero-order chi connectivity index (χ0) is 20.2. The number of para-hydroxylation sites is 1. The van der Waals surface area contributed by atoms with E-state index < -0.39 is 0 Å². The molecule has 2 aromatic carbocycles. The minimum absolute atomic E-state index is 0. The van der Waals surface area contributed by atoms with E-state index in [2.05, 4.69) is 27.0 Å². The molecule has 0 spiro atoms. The summed E-state index contributed by atoms with van der Waals surface area (Å²) in [7, 11) is 3.44. The Morgan fingerprint density at radius 3 is 2.45 bits per heavy atom. The number of hydrogen-bond donors (Lipinski definition) is 3. The third-order valence-corrected chi connectivity index (χ3v) is 4.28. The number of rotatable bonds is 9. The Morgan fingerprint density at radius 1 is 1.07 bits per heavy atom. The number of carbonyl (C=O) groups is 1. The highest BCUT2D eigenvalue weighted by Gasteiger charge is 2.04. The standard InChI is InChI=1S/C22H30N4O2.HI/c1-4-7-21(27)26-19-12-10-17(11-13-19)16-25-22(23-2)24-15-14-18-8-5-6-9-20(18)28-3;/h5-6,8-13H,4,7,14-16H2,1-3H3,(H,26,27)(H2,23,24,25);1H. The van der Waals surface area contributed by atoms with Crippen molar-refractivity contribution < 1.29 is 9.53 Å². The minimum atomic E-state index is 0. The van der Waals surface area contributed by atoms with E-state index in [1.807, 2.05) is 49.4 Å². The van der Waals surface area contributed by atoms with Crippen molar-refractivity contribution in [2.75, 3.05) is 26.0 Å². The smallest absolute Gasteiger partial charge is 0.224 e. The van der Waals surface area contributed by atoms with Gasteiger partial charge in [0.1, 0.15) is 5.75 Å². The molecule has 0 aromatic heterocycles. The Balaban J connectivity index is 0.00000420. The zero-order valence-corrected chi connectivity index (χ0v) is 19.7. The van der Waals surface area contributed by atoms with Gasteiger partial charge in [0.15, 0.2) is 5.96 Å². The molecule has 2 rings (SSSR count). The van der Waals surface area contributed by atoms with Crippen LogP contribution in [0.4, 0.5) is 5.69 Å². The quantitative estimate of drug-likeness (QED) is 0.271. The molecule has 0 aliphatic carbocycles. The molecule has 0 saturated heterocycles. The average Bonchev–Trinajstić information content (AvgIpc) is 2.72. The van der Waals surface area contributed by atoms with Gasteiger partial charge >= 0.3 is 0 Å². The fourth-order valence-electron chi connectivity index (χ4n) is 2.79. The number of aliphatic imine (C=N–C) groups is 1. The van der Waals surface area contributed by atoms with Crippen LogP contribution in [0.2, 0.25) is 0 Å². The Morgan fingerprint density at radius 2 is 1.79 bits per heavy atom. The molecular formula is C22H31IN4O2. The van der Waals surface area contributed by atoms with Gasteiger partial charge in [0.2, 0.25) is 5.91 Å². The Kier molecular flexibility index (Phi) is 11.8. The van der Waals surface area contributed by atoms with E-state index in [0.717, 1.165) is 47.9 Å². The largest absolute Gasteiger partial charge is 0.496 e. The first-order valence-electron chi connectivity index (χ1n) is 9.61. The second-order valence-corrected chi connectivity index (χ2v) is 6.41. The van der Waals surface area contributed by atoms with Crippen LogP contribution in [0.3, 0.4) is 0 Å². The number of nitrogens with zero attached hydrogens (tertiary/aromatic N) is 1. The van der Waals surface area contributed by atoms with E-state index in [4.69, 9.17) is 4.74 Å². The van der Waals surface area contributed by atoms with Crippen molar-refractivity contribution in [1.82, 2.24) is 10.6 Å². The highest BCUT2D eigenvalue weighted by Crippen LogP contribution is 2.17. The van der Waals surface area contributed by atoms with Crippen molar-refractivity contribution in [2.24, 2.45) is 4.99 Å². The normalized spacial score (nSPS) is 10.7. The number of carbonyl (C=O) groups excluding carboxylic acids is 1. The van der Waals surface area contributed by atoms with Crippen molar-refractivity contribution in [2.45, 2.75) is 32.7 Å². The van der Waals surface area contributed by atoms with Crippen LogP contribution in [-0.2, 0) is 17.8 Å². The topological polar surface area (TPSA) is 74.8 Å². The van der Waals surface area contributed by atoms with E-state index in [0.29, 0.717) is 13.0 Å². The fraction of sp³-hybridized carbons (Fsp3) is 0.364. The van der Waals surface area contributed by atoms with Crippen LogP contribution in [-0.4, -0.2) is 32.6 Å². The Hall–Kier alpha value is -2.29. The molecule has 7 heteroatoms. The van der Waals surface area contributed by atoms with Crippen LogP contribution in [0.5, 0.6) is 5.75 Å². The maximum atomic E-state index is 11.6. The summed E-state index contributed by atoms with van der Waals surface area (Å²) in [6.07, 6.45) is 2.23. The average molecular weight is 510 g/mol. The number of hydrogen-bond acceptors (Lipinski definition) is 3. The van der Waals surface area contributed by atoms with Crippen LogP contribution in [0.25, 0.3) is 0 Å². The van der Waals surface area contributed by atoms with Crippen molar-refractivity contribution in [3.63, 3.8) is 0 Å². The molecule has 0 heterocycles. The van der Waals surface area contributed by atoms with Crippen LogP contribution in [0, 0.1) is 0 Å². The Bertz CT molecular complexity index is 779. The molecule has 2 aromatic rings. The van der Waals surface area contributed by atoms with Crippen molar-refractivity contribution >= 4 is 41.5 Å². The van der Waals surface area contributed by atoms with Gasteiger partial charge in [-0.2, -0.15) is 0 Å². The third-order valence-electron chi connectivity index (χ3n) is 4.28. The van der Waals surface area contributed by atoms with Crippen LogP contribution < -0.4 is 20.7 Å². The number of halogens is 1. The lowest BCUT2D eigenvalue weighted by atomic mass is 10.1. The summed E-state index contributed by atoms with van der Waals surface area (Å²) in [5.41, 5.74) is 3.09. The molecule has 0 unspecified atom stereocenters. The maximum absolute atomic E-state index is 11.6. The highest BCUT2D eigenvalue weighted by atomic mass is 127. The lowest BCUT2D eigenvalue weighted by Gasteiger charge is -2.13. The molecule has 0 fully saturated rings. The fourth-order valence-corrected chi connectivity index (χ4v) is 2.79. The summed E-state index contributed by atoms with van der Waals surface area (Å²) in [6, 6.07) is 15.8. The number of amides is 1. The Labute approximate surface area is 190 Å². The number of nitrogens with one attached hydrogen (secondary N) is 3. The van der Waals surface area contributed by atoms with E-state index in [-0.39, 0.29) is 29.9 Å². The number of methoxy groups -OCH3 is 1. The molecule has 3 N–H and O–H groups in total. The SMILES string of the molecule is CCCC(=O)Nc1ccc(CNC(=NC)NCCc2ccccc2OC)cc1.I. The van der Waals surface area contributed by atoms with Gasteiger partial charge < -0.3 is 20.7 Å². The monoisotopic (exact) mass is 510 g/mol. The zero-order valence-electron chi connectivity index (χ0n) is 17.3. The minimum Gasteiger partial charge on any atom is -0.496 e. The van der Waals surface area contributed by atoms with Gasteiger partial charge in [-0.3, -0.25) is 9.79 Å². The molecule has 0 bridgehead atoms. The van der Waals surface area contributed by atoms with E-state index in [9.17, 15) is 4.79 Å². The summed E-state index contributed by atoms with van der Waals surface area (Å²) in [5.74, 6) is 1.70. The molecule has 0 atom stereocenters. The summed E-state index contributed by atoms with van der Waals surface area (Å²) in [6.45, 7) is 3.39. The predicted octanol–water partition coefficient (Wildman–Crippen LogP) is 3.96. The second kappa shape index (κ2) is 13.8. The van der Waals surface area contributed by atoms with Gasteiger partial charge in [-0.25, -0.2) is 0 Å². The summed E-state index contributed by atoms with van der Waals surface area (Å²) in [5, 5.41) is 9.51. The van der Waals surface area contributed by atoms with Gasteiger partial charge in [-0.1, -0.05) is 37.3 Å². The first kappa shape index (κ1) is 24.7. The number of guanidine groups is 1. The molecule has 6 nitrogen and oxygen atoms in total. The van der Waals surface area contributed by atoms with Crippen LogP contribution in [0.1, 0.15) is 30.9 Å². The maximum Gasteiger partial charge on any atom is 0.224 e. The molecule has 0 saturated carbocycles. The molecule has 0 radical (unpaired) electrons. The van der Waals surface area contributed by atoms with Gasteiger partial charge in [0.05, 0.1) is 7.11 Å². The van der Waals surface area contributed by atoms with Crippen LogP contribution in [0.15, 0.2) is 53.5 Å². The molecule has 0 aliphatic heterocycles. The van der Waals surface area contributed by atoms with E-state index >= 15 is 0 Å². The molecule has 0 aliphatic rings. The summed E-state index contributed by atoms with van der Waals surface area (Å²) in [4.78, 5) is 15.9. The van der Waals surface area contributed by atoms with Crippen molar-refractivity contribution in [1.29, 1.82) is 0 Å². The third kappa shape index (κ3) is 8.72. The number of benzene rings is 2. The molecule has 29 heavy (non-hydrogen) atoms. The first-order valence-corrected chi connectivity index (χ1v) is 9.61. The highest BCUT2D eigenvalue weighted by molar-refractivity contribution is 14.0. The lowest BCUT2D eigenvalue weighted by Crippen LogP contribution is -2.37.